The Morgan fingerprint density at radius 1 is 0.684 bits per heavy atom. The van der Waals surface area contributed by atoms with Crippen molar-refractivity contribution in [3.8, 4) is 11.1 Å². The Bertz CT molecular complexity index is 572. The van der Waals surface area contributed by atoms with Gasteiger partial charge in [-0.1, -0.05) is 12.1 Å². The second-order valence-corrected chi connectivity index (χ2v) is 4.91. The van der Waals surface area contributed by atoms with Crippen LogP contribution in [0.25, 0.3) is 11.1 Å². The van der Waals surface area contributed by atoms with E-state index in [-0.39, 0.29) is 5.48 Å². The van der Waals surface area contributed by atoms with Gasteiger partial charge in [-0.05, 0) is 73.2 Å². The molecule has 0 atom stereocenters. The van der Waals surface area contributed by atoms with Crippen molar-refractivity contribution >= 4 is 11.4 Å². The Hall–Kier alpha value is -2.00. The zero-order valence-corrected chi connectivity index (χ0v) is 12.0. The molecule has 0 heterocycles. The Labute approximate surface area is 114 Å². The Morgan fingerprint density at radius 2 is 1.11 bits per heavy atom. The third-order valence-corrected chi connectivity index (χ3v) is 3.88. The monoisotopic (exact) mass is 258 g/mol. The molecule has 2 aromatic rings. The quantitative estimate of drug-likeness (QED) is 0.771. The summed E-state index contributed by atoms with van der Waals surface area (Å²) in [5.41, 5.74) is 20.9. The van der Waals surface area contributed by atoms with Crippen LogP contribution in [0.15, 0.2) is 24.3 Å². The fraction of sp³-hybridized carbons (Fsp3) is 0.250. The first-order valence-electron chi connectivity index (χ1n) is 6.15. The van der Waals surface area contributed by atoms with Gasteiger partial charge in [-0.15, -0.1) is 0 Å². The molecule has 0 aliphatic rings. The fourth-order valence-electron chi connectivity index (χ4n) is 2.42. The number of anilines is 2. The van der Waals surface area contributed by atoms with Gasteiger partial charge in [-0.2, -0.15) is 0 Å². The van der Waals surface area contributed by atoms with Gasteiger partial charge in [0.15, 0.2) is 0 Å². The molecule has 2 aromatic carbocycles. The second-order valence-electron chi connectivity index (χ2n) is 4.91. The van der Waals surface area contributed by atoms with Gasteiger partial charge in [0.1, 0.15) is 0 Å². The molecule has 0 aromatic heterocycles. The zero-order chi connectivity index (χ0) is 13.4. The highest BCUT2D eigenvalue weighted by Crippen LogP contribution is 2.35. The molecule has 2 rings (SSSR count). The first kappa shape index (κ1) is 15.1. The summed E-state index contributed by atoms with van der Waals surface area (Å²) < 4.78 is 0. The van der Waals surface area contributed by atoms with Crippen molar-refractivity contribution < 1.29 is 5.48 Å². The number of benzene rings is 2. The van der Waals surface area contributed by atoms with E-state index < -0.39 is 0 Å². The minimum absolute atomic E-state index is 0. The predicted molar refractivity (Wildman–Crippen MR) is 83.3 cm³/mol. The van der Waals surface area contributed by atoms with Crippen LogP contribution in [0.2, 0.25) is 0 Å². The summed E-state index contributed by atoms with van der Waals surface area (Å²) in [5.74, 6) is 0. The molecule has 102 valence electrons. The summed E-state index contributed by atoms with van der Waals surface area (Å²) in [7, 11) is 0. The average molecular weight is 258 g/mol. The molecule has 6 N–H and O–H groups in total. The molecule has 3 heteroatoms. The number of nitrogen functional groups attached to an aromatic ring is 2. The minimum Gasteiger partial charge on any atom is -0.412 e. The van der Waals surface area contributed by atoms with E-state index in [9.17, 15) is 0 Å². The van der Waals surface area contributed by atoms with Crippen molar-refractivity contribution in [2.45, 2.75) is 27.7 Å². The summed E-state index contributed by atoms with van der Waals surface area (Å²) in [6.07, 6.45) is 0. The van der Waals surface area contributed by atoms with E-state index in [1.54, 1.807) is 0 Å². The standard InChI is InChI=1S/C16H20N2.H2O/c1-9-11(3)16(18)12(4)10(2)15(9)13-5-7-14(17)8-6-13;/h5-8H,17-18H2,1-4H3;1H2. The summed E-state index contributed by atoms with van der Waals surface area (Å²) in [6, 6.07) is 8.02. The molecule has 0 saturated carbocycles. The normalized spacial score (nSPS) is 10.1. The molecule has 0 aliphatic heterocycles. The van der Waals surface area contributed by atoms with Gasteiger partial charge in [-0.3, -0.25) is 0 Å². The molecule has 0 unspecified atom stereocenters. The molecule has 0 bridgehead atoms. The van der Waals surface area contributed by atoms with Crippen molar-refractivity contribution in [1.29, 1.82) is 0 Å². The van der Waals surface area contributed by atoms with Gasteiger partial charge in [0, 0.05) is 11.4 Å². The number of rotatable bonds is 1. The summed E-state index contributed by atoms with van der Waals surface area (Å²) in [5, 5.41) is 0. The average Bonchev–Trinajstić information content (AvgIpc) is 2.36. The van der Waals surface area contributed by atoms with E-state index in [0.717, 1.165) is 11.4 Å². The SMILES string of the molecule is Cc1c(C)c(-c2ccc(N)cc2)c(C)c(C)c1N.O. The van der Waals surface area contributed by atoms with Crippen molar-refractivity contribution in [2.24, 2.45) is 0 Å². The minimum atomic E-state index is 0. The van der Waals surface area contributed by atoms with Crippen LogP contribution in [0.4, 0.5) is 11.4 Å². The van der Waals surface area contributed by atoms with Crippen LogP contribution in [0.3, 0.4) is 0 Å². The molecule has 0 saturated heterocycles. The summed E-state index contributed by atoms with van der Waals surface area (Å²) in [6.45, 7) is 8.42. The molecule has 0 aliphatic carbocycles. The summed E-state index contributed by atoms with van der Waals surface area (Å²) >= 11 is 0. The van der Waals surface area contributed by atoms with Gasteiger partial charge in [0.2, 0.25) is 0 Å². The lowest BCUT2D eigenvalue weighted by Crippen LogP contribution is -2.02. The van der Waals surface area contributed by atoms with Crippen LogP contribution in [-0.2, 0) is 0 Å². The van der Waals surface area contributed by atoms with Crippen LogP contribution >= 0.6 is 0 Å². The molecule has 3 nitrogen and oxygen atoms in total. The zero-order valence-electron chi connectivity index (χ0n) is 12.0. The van der Waals surface area contributed by atoms with Crippen LogP contribution < -0.4 is 11.5 Å². The maximum absolute atomic E-state index is 6.13. The number of nitrogens with two attached hydrogens (primary N) is 2. The van der Waals surface area contributed by atoms with Crippen LogP contribution in [0.5, 0.6) is 0 Å². The second kappa shape index (κ2) is 5.33. The maximum Gasteiger partial charge on any atom is 0.0379 e. The van der Waals surface area contributed by atoms with E-state index in [1.807, 2.05) is 12.1 Å². The Morgan fingerprint density at radius 3 is 1.53 bits per heavy atom. The van der Waals surface area contributed by atoms with Crippen LogP contribution in [0.1, 0.15) is 22.3 Å². The molecule has 0 radical (unpaired) electrons. The molecule has 0 amide bonds. The third-order valence-electron chi connectivity index (χ3n) is 3.88. The van der Waals surface area contributed by atoms with E-state index >= 15 is 0 Å². The van der Waals surface area contributed by atoms with Crippen molar-refractivity contribution in [3.05, 3.63) is 46.5 Å². The lowest BCUT2D eigenvalue weighted by Gasteiger charge is -2.18. The molecular weight excluding hydrogens is 236 g/mol. The Balaban J connectivity index is 0.00000180. The van der Waals surface area contributed by atoms with Gasteiger partial charge in [0.25, 0.3) is 0 Å². The fourth-order valence-corrected chi connectivity index (χ4v) is 2.42. The number of hydrogen-bond acceptors (Lipinski definition) is 2. The van der Waals surface area contributed by atoms with Crippen molar-refractivity contribution in [3.63, 3.8) is 0 Å². The summed E-state index contributed by atoms with van der Waals surface area (Å²) in [4.78, 5) is 0. The van der Waals surface area contributed by atoms with E-state index in [0.29, 0.717) is 0 Å². The van der Waals surface area contributed by atoms with Gasteiger partial charge in [-0.25, -0.2) is 0 Å². The lowest BCUT2D eigenvalue weighted by molar-refractivity contribution is 0.824. The third kappa shape index (κ3) is 2.42. The maximum atomic E-state index is 6.13. The van der Waals surface area contributed by atoms with Gasteiger partial charge >= 0.3 is 0 Å². The van der Waals surface area contributed by atoms with E-state index in [1.165, 1.54) is 33.4 Å². The largest absolute Gasteiger partial charge is 0.412 e. The number of hydrogen-bond donors (Lipinski definition) is 2. The van der Waals surface area contributed by atoms with Crippen LogP contribution in [0, 0.1) is 27.7 Å². The van der Waals surface area contributed by atoms with E-state index in [2.05, 4.69) is 39.8 Å². The van der Waals surface area contributed by atoms with Gasteiger partial charge < -0.3 is 16.9 Å². The Kier molecular flexibility index (Phi) is 4.22. The molecule has 0 spiro atoms. The highest BCUT2D eigenvalue weighted by Gasteiger charge is 2.13. The first-order valence-corrected chi connectivity index (χ1v) is 6.15. The van der Waals surface area contributed by atoms with Gasteiger partial charge in [0.05, 0.1) is 0 Å². The smallest absolute Gasteiger partial charge is 0.0379 e. The van der Waals surface area contributed by atoms with Crippen molar-refractivity contribution in [1.82, 2.24) is 0 Å². The lowest BCUT2D eigenvalue weighted by atomic mass is 9.88. The van der Waals surface area contributed by atoms with Crippen LogP contribution in [-0.4, -0.2) is 5.48 Å². The highest BCUT2D eigenvalue weighted by molar-refractivity contribution is 5.78. The highest BCUT2D eigenvalue weighted by atomic mass is 16.0. The molecular formula is C16H22N2O. The molecule has 19 heavy (non-hydrogen) atoms. The van der Waals surface area contributed by atoms with Crippen molar-refractivity contribution in [2.75, 3.05) is 11.5 Å². The predicted octanol–water partition coefficient (Wildman–Crippen LogP) is 2.93. The molecule has 0 fully saturated rings. The van der Waals surface area contributed by atoms with E-state index in [4.69, 9.17) is 11.5 Å². The first-order chi connectivity index (χ1) is 8.43. The topological polar surface area (TPSA) is 83.5 Å².